The zero-order valence-corrected chi connectivity index (χ0v) is 16.5. The van der Waals surface area contributed by atoms with E-state index in [0.29, 0.717) is 15.7 Å². The molecule has 1 unspecified atom stereocenters. The fourth-order valence-corrected chi connectivity index (χ4v) is 4.00. The van der Waals surface area contributed by atoms with Crippen molar-refractivity contribution >= 4 is 34.2 Å². The number of anilines is 1. The Morgan fingerprint density at radius 2 is 1.59 bits per heavy atom. The predicted molar refractivity (Wildman–Crippen MR) is 97.0 cm³/mol. The first-order valence-electron chi connectivity index (χ1n) is 7.95. The first kappa shape index (κ1) is 21.8. The van der Waals surface area contributed by atoms with Crippen LogP contribution in [-0.4, -0.2) is 23.4 Å². The van der Waals surface area contributed by atoms with Gasteiger partial charge in [0.1, 0.15) is 0 Å². The van der Waals surface area contributed by atoms with Crippen molar-refractivity contribution in [3.8, 4) is 0 Å². The monoisotopic (exact) mass is 533 g/mol. The molecule has 0 spiro atoms. The highest BCUT2D eigenvalue weighted by Crippen LogP contribution is 2.54. The fraction of sp³-hybridized carbons (Fsp3) is 0.278. The number of aliphatic hydroxyl groups excluding tert-OH is 1. The lowest BCUT2D eigenvalue weighted by atomic mass is 9.92. The van der Waals surface area contributed by atoms with Crippen LogP contribution in [0.1, 0.15) is 33.3 Å². The zero-order valence-electron chi connectivity index (χ0n) is 14.4. The van der Waals surface area contributed by atoms with Crippen molar-refractivity contribution in [1.82, 2.24) is 0 Å². The minimum absolute atomic E-state index is 0.134. The van der Waals surface area contributed by atoms with E-state index in [-0.39, 0.29) is 22.4 Å². The van der Waals surface area contributed by atoms with Gasteiger partial charge < -0.3 is 5.11 Å². The summed E-state index contributed by atoms with van der Waals surface area (Å²) in [5.41, 5.74) is -7.19. The quantitative estimate of drug-likeness (QED) is 0.407. The Kier molecular flexibility index (Phi) is 5.13. The molecule has 0 fully saturated rings. The molecule has 0 radical (unpaired) electrons. The molecule has 3 rings (SSSR count). The summed E-state index contributed by atoms with van der Waals surface area (Å²) in [5, 5.41) is 10.5. The van der Waals surface area contributed by atoms with Crippen molar-refractivity contribution in [3.05, 3.63) is 62.2 Å². The Bertz CT molecular complexity index is 973. The van der Waals surface area contributed by atoms with Crippen LogP contribution in [0.5, 0.6) is 0 Å². The van der Waals surface area contributed by atoms with Crippen LogP contribution < -0.4 is 4.90 Å². The number of carbonyl (C=O) groups is 1. The smallest absolute Gasteiger partial charge is 0.369 e. The van der Waals surface area contributed by atoms with E-state index in [1.54, 1.807) is 12.1 Å². The second-order valence-electron chi connectivity index (χ2n) is 6.41. The van der Waals surface area contributed by atoms with Gasteiger partial charge in [-0.15, -0.1) is 0 Å². The summed E-state index contributed by atoms with van der Waals surface area (Å²) in [4.78, 5) is 13.5. The van der Waals surface area contributed by atoms with Gasteiger partial charge in [0.05, 0.1) is 0 Å². The molecular formula is C18H11F7INO2. The summed E-state index contributed by atoms with van der Waals surface area (Å²) in [5.74, 6) is -0.681. The first-order valence-corrected chi connectivity index (χ1v) is 9.03. The second kappa shape index (κ2) is 6.83. The molecule has 1 heterocycles. The molecule has 0 aliphatic carbocycles. The van der Waals surface area contributed by atoms with Gasteiger partial charge in [-0.3, -0.25) is 9.69 Å². The third-order valence-corrected chi connectivity index (χ3v) is 5.58. The second-order valence-corrected chi connectivity index (χ2v) is 7.57. The van der Waals surface area contributed by atoms with Crippen LogP contribution in [0.15, 0.2) is 36.4 Å². The molecule has 0 saturated heterocycles. The van der Waals surface area contributed by atoms with Crippen LogP contribution in [0.3, 0.4) is 0 Å². The van der Waals surface area contributed by atoms with Gasteiger partial charge in [0, 0.05) is 25.9 Å². The Labute approximate surface area is 173 Å². The lowest BCUT2D eigenvalue weighted by Crippen LogP contribution is -2.50. The third-order valence-electron chi connectivity index (χ3n) is 4.64. The summed E-state index contributed by atoms with van der Waals surface area (Å²) in [7, 11) is 0. The normalized spacial score (nSPS) is 17.7. The van der Waals surface area contributed by atoms with Gasteiger partial charge in [-0.1, -0.05) is 18.2 Å². The molecular weight excluding hydrogens is 522 g/mol. The number of benzene rings is 2. The molecule has 156 valence electrons. The van der Waals surface area contributed by atoms with Gasteiger partial charge in [0.2, 0.25) is 0 Å². The highest BCUT2D eigenvalue weighted by Gasteiger charge is 2.73. The number of fused-ring (bicyclic) bond motifs is 1. The molecule has 1 atom stereocenters. The van der Waals surface area contributed by atoms with E-state index in [4.69, 9.17) is 0 Å². The maximum Gasteiger partial charge on any atom is 0.435 e. The van der Waals surface area contributed by atoms with Crippen LogP contribution in [0, 0.1) is 10.5 Å². The first-order chi connectivity index (χ1) is 13.2. The Morgan fingerprint density at radius 1 is 1.00 bits per heavy atom. The molecule has 2 aromatic carbocycles. The maximum absolute atomic E-state index is 14.3. The topological polar surface area (TPSA) is 40.5 Å². The number of halogens is 8. The van der Waals surface area contributed by atoms with E-state index in [1.165, 1.54) is 6.07 Å². The van der Waals surface area contributed by atoms with E-state index in [0.717, 1.165) is 17.9 Å². The number of rotatable bonds is 2. The maximum atomic E-state index is 14.3. The summed E-state index contributed by atoms with van der Waals surface area (Å²) >= 11 is 1.88. The lowest BCUT2D eigenvalue weighted by Gasteiger charge is -2.31. The molecule has 0 aromatic heterocycles. The van der Waals surface area contributed by atoms with Gasteiger partial charge in [0.25, 0.3) is 5.91 Å². The van der Waals surface area contributed by atoms with Gasteiger partial charge in [-0.2, -0.15) is 26.3 Å². The molecule has 1 amide bonds. The number of hydrogen-bond acceptors (Lipinski definition) is 2. The van der Waals surface area contributed by atoms with Gasteiger partial charge in [-0.25, -0.2) is 4.39 Å². The molecule has 1 aliphatic rings. The van der Waals surface area contributed by atoms with E-state index in [9.17, 15) is 40.6 Å². The Hall–Kier alpha value is -1.89. The molecule has 1 N–H and O–H groups in total. The molecule has 0 saturated carbocycles. The van der Waals surface area contributed by atoms with Gasteiger partial charge in [-0.05, 0) is 53.3 Å². The number of aliphatic hydroxyl groups is 1. The van der Waals surface area contributed by atoms with Crippen molar-refractivity contribution in [2.75, 3.05) is 4.90 Å². The van der Waals surface area contributed by atoms with Crippen LogP contribution in [0.2, 0.25) is 0 Å². The SMILES string of the molecule is Cc1cc(C(F)(C(F)(F)F)C(F)(F)F)ccc1N1C(=O)c2cccc(I)c2C1O. The number of carbonyl (C=O) groups excluding carboxylic acids is 1. The van der Waals surface area contributed by atoms with Crippen molar-refractivity contribution in [3.63, 3.8) is 0 Å². The minimum atomic E-state index is -6.24. The molecule has 2 aromatic rings. The van der Waals surface area contributed by atoms with E-state index >= 15 is 0 Å². The van der Waals surface area contributed by atoms with Crippen LogP contribution >= 0.6 is 22.6 Å². The fourth-order valence-electron chi connectivity index (χ4n) is 3.23. The summed E-state index contributed by atoms with van der Waals surface area (Å²) < 4.78 is 92.6. The van der Waals surface area contributed by atoms with Crippen molar-refractivity contribution < 1.29 is 40.6 Å². The predicted octanol–water partition coefficient (Wildman–Crippen LogP) is 5.54. The van der Waals surface area contributed by atoms with Crippen molar-refractivity contribution in [2.45, 2.75) is 31.2 Å². The molecule has 3 nitrogen and oxygen atoms in total. The Balaban J connectivity index is 2.10. The zero-order chi connectivity index (χ0) is 21.9. The summed E-state index contributed by atoms with van der Waals surface area (Å²) in [6.07, 6.45) is -14.0. The highest BCUT2D eigenvalue weighted by atomic mass is 127. The average molecular weight is 533 g/mol. The molecule has 29 heavy (non-hydrogen) atoms. The number of aryl methyl sites for hydroxylation is 1. The standard InChI is InChI=1S/C18H11F7INO2/c1-8-7-9(16(19,17(20,21)22)18(23,24)25)5-6-12(8)27-14(28)10-3-2-4-11(26)13(10)15(27)29/h2-7,15,29H,1H3. The van der Waals surface area contributed by atoms with Crippen molar-refractivity contribution in [1.29, 1.82) is 0 Å². The molecule has 0 bridgehead atoms. The molecule has 1 aliphatic heterocycles. The van der Waals surface area contributed by atoms with Crippen LogP contribution in [-0.2, 0) is 5.67 Å². The van der Waals surface area contributed by atoms with Gasteiger partial charge >= 0.3 is 18.0 Å². The largest absolute Gasteiger partial charge is 0.435 e. The number of nitrogens with zero attached hydrogens (tertiary/aromatic N) is 1. The summed E-state index contributed by atoms with van der Waals surface area (Å²) in [6.45, 7) is 1.12. The highest BCUT2D eigenvalue weighted by molar-refractivity contribution is 14.1. The van der Waals surface area contributed by atoms with E-state index in [1.807, 2.05) is 22.6 Å². The molecule has 11 heteroatoms. The van der Waals surface area contributed by atoms with E-state index < -0.39 is 35.7 Å². The average Bonchev–Trinajstić information content (AvgIpc) is 2.84. The van der Waals surface area contributed by atoms with Gasteiger partial charge in [0.15, 0.2) is 6.23 Å². The lowest BCUT2D eigenvalue weighted by molar-refractivity contribution is -0.348. The Morgan fingerprint density at radius 3 is 2.07 bits per heavy atom. The summed E-state index contributed by atoms with van der Waals surface area (Å²) in [6, 6.07) is 6.08. The number of amides is 1. The van der Waals surface area contributed by atoms with Crippen LogP contribution in [0.4, 0.5) is 36.4 Å². The number of hydrogen-bond donors (Lipinski definition) is 1. The number of alkyl halides is 7. The van der Waals surface area contributed by atoms with Crippen molar-refractivity contribution in [2.24, 2.45) is 0 Å². The minimum Gasteiger partial charge on any atom is -0.369 e. The van der Waals surface area contributed by atoms with Crippen LogP contribution in [0.25, 0.3) is 0 Å². The van der Waals surface area contributed by atoms with E-state index in [2.05, 4.69) is 0 Å². The third kappa shape index (κ3) is 3.18.